The van der Waals surface area contributed by atoms with E-state index in [1.165, 1.54) is 27.8 Å². The van der Waals surface area contributed by atoms with Gasteiger partial charge in [-0.2, -0.15) is 4.31 Å². The van der Waals surface area contributed by atoms with Crippen LogP contribution in [0.25, 0.3) is 11.3 Å². The fourth-order valence-corrected chi connectivity index (χ4v) is 5.81. The number of sulfonamides is 1. The van der Waals surface area contributed by atoms with Gasteiger partial charge in [0.25, 0.3) is 0 Å². The standard InChI is InChI=1S/C19H16Cl3N3O2S2/c20-14-2-4-15(5-3-14)29(26,27)25-9-7-24(8-10-25)19-23-18(12-28-19)13-1-6-16(21)17(22)11-13/h1-6,11-12H,7-10H2. The van der Waals surface area contributed by atoms with Crippen molar-refractivity contribution in [1.82, 2.24) is 9.29 Å². The molecule has 4 rings (SSSR count). The number of piperazine rings is 1. The summed E-state index contributed by atoms with van der Waals surface area (Å²) in [6.45, 7) is 1.93. The Balaban J connectivity index is 1.45. The highest BCUT2D eigenvalue weighted by Crippen LogP contribution is 2.32. The van der Waals surface area contributed by atoms with Crippen molar-refractivity contribution in [2.24, 2.45) is 0 Å². The van der Waals surface area contributed by atoms with E-state index >= 15 is 0 Å². The molecule has 10 heteroatoms. The maximum atomic E-state index is 12.8. The summed E-state index contributed by atoms with van der Waals surface area (Å²) in [5.41, 5.74) is 1.71. The Morgan fingerprint density at radius 2 is 1.59 bits per heavy atom. The number of benzene rings is 2. The van der Waals surface area contributed by atoms with Gasteiger partial charge < -0.3 is 4.90 Å². The van der Waals surface area contributed by atoms with Crippen LogP contribution < -0.4 is 4.90 Å². The number of aromatic nitrogens is 1. The first-order valence-corrected chi connectivity index (χ1v) is 12.2. The van der Waals surface area contributed by atoms with Gasteiger partial charge in [0, 0.05) is 42.1 Å². The van der Waals surface area contributed by atoms with E-state index in [9.17, 15) is 8.42 Å². The lowest BCUT2D eigenvalue weighted by atomic mass is 10.2. The maximum Gasteiger partial charge on any atom is 0.243 e. The quantitative estimate of drug-likeness (QED) is 0.501. The predicted molar refractivity (Wildman–Crippen MR) is 120 cm³/mol. The van der Waals surface area contributed by atoms with Crippen molar-refractivity contribution in [3.05, 3.63) is 62.9 Å². The molecule has 29 heavy (non-hydrogen) atoms. The molecule has 1 saturated heterocycles. The zero-order valence-corrected chi connectivity index (χ0v) is 19.0. The molecule has 0 N–H and O–H groups in total. The second-order valence-corrected chi connectivity index (χ2v) is 10.5. The number of hydrogen-bond donors (Lipinski definition) is 0. The zero-order valence-electron chi connectivity index (χ0n) is 15.1. The normalized spacial score (nSPS) is 15.6. The van der Waals surface area contributed by atoms with Crippen molar-refractivity contribution in [1.29, 1.82) is 0 Å². The lowest BCUT2D eigenvalue weighted by Gasteiger charge is -2.33. The van der Waals surface area contributed by atoms with Crippen LogP contribution in [0.5, 0.6) is 0 Å². The first kappa shape index (κ1) is 20.9. The van der Waals surface area contributed by atoms with Gasteiger partial charge in [0.1, 0.15) is 0 Å². The summed E-state index contributed by atoms with van der Waals surface area (Å²) in [5.74, 6) is 0. The van der Waals surface area contributed by atoms with Gasteiger partial charge in [-0.3, -0.25) is 0 Å². The Labute approximate surface area is 188 Å². The first-order chi connectivity index (χ1) is 13.8. The summed E-state index contributed by atoms with van der Waals surface area (Å²) in [7, 11) is -3.53. The van der Waals surface area contributed by atoms with Crippen LogP contribution >= 0.6 is 46.1 Å². The van der Waals surface area contributed by atoms with E-state index < -0.39 is 10.0 Å². The number of halogens is 3. The molecule has 1 fully saturated rings. The van der Waals surface area contributed by atoms with Crippen LogP contribution in [-0.2, 0) is 10.0 Å². The lowest BCUT2D eigenvalue weighted by molar-refractivity contribution is 0.385. The Kier molecular flexibility index (Phi) is 6.06. The van der Waals surface area contributed by atoms with Crippen LogP contribution in [-0.4, -0.2) is 43.9 Å². The predicted octanol–water partition coefficient (Wildman–Crippen LogP) is 5.28. The third-order valence-electron chi connectivity index (χ3n) is 4.67. The fourth-order valence-electron chi connectivity index (χ4n) is 3.07. The molecule has 1 aliphatic heterocycles. The van der Waals surface area contributed by atoms with Gasteiger partial charge in [0.05, 0.1) is 20.6 Å². The minimum atomic E-state index is -3.53. The Hall–Kier alpha value is -1.35. The molecule has 0 unspecified atom stereocenters. The molecule has 2 aromatic carbocycles. The van der Waals surface area contributed by atoms with Gasteiger partial charge in [-0.15, -0.1) is 11.3 Å². The molecular formula is C19H16Cl3N3O2S2. The highest BCUT2D eigenvalue weighted by molar-refractivity contribution is 7.89. The van der Waals surface area contributed by atoms with Crippen molar-refractivity contribution in [2.45, 2.75) is 4.90 Å². The molecule has 0 saturated carbocycles. The summed E-state index contributed by atoms with van der Waals surface area (Å²) in [6.07, 6.45) is 0. The Bertz CT molecular complexity index is 1130. The average Bonchev–Trinajstić information content (AvgIpc) is 3.21. The van der Waals surface area contributed by atoms with Crippen LogP contribution in [0.4, 0.5) is 5.13 Å². The van der Waals surface area contributed by atoms with Gasteiger partial charge in [0.15, 0.2) is 5.13 Å². The van der Waals surface area contributed by atoms with Crippen molar-refractivity contribution >= 4 is 61.3 Å². The molecule has 5 nitrogen and oxygen atoms in total. The summed E-state index contributed by atoms with van der Waals surface area (Å²) in [5, 5.41) is 4.32. The van der Waals surface area contributed by atoms with E-state index in [-0.39, 0.29) is 4.90 Å². The second kappa shape index (κ2) is 8.41. The lowest BCUT2D eigenvalue weighted by Crippen LogP contribution is -2.48. The smallest absolute Gasteiger partial charge is 0.243 e. The first-order valence-electron chi connectivity index (χ1n) is 8.76. The van der Waals surface area contributed by atoms with E-state index in [0.717, 1.165) is 16.4 Å². The van der Waals surface area contributed by atoms with E-state index in [1.807, 2.05) is 11.4 Å². The summed E-state index contributed by atoms with van der Waals surface area (Å²) in [4.78, 5) is 7.04. The van der Waals surface area contributed by atoms with Crippen LogP contribution in [0.15, 0.2) is 52.7 Å². The third-order valence-corrected chi connectivity index (χ3v) is 8.47. The molecule has 0 atom stereocenters. The molecule has 0 amide bonds. The van der Waals surface area contributed by atoms with E-state index in [0.29, 0.717) is 41.2 Å². The topological polar surface area (TPSA) is 53.5 Å². The number of thiazole rings is 1. The minimum absolute atomic E-state index is 0.256. The second-order valence-electron chi connectivity index (χ2n) is 6.49. The molecule has 1 aromatic heterocycles. The van der Waals surface area contributed by atoms with Crippen LogP contribution in [0.1, 0.15) is 0 Å². The van der Waals surface area contributed by atoms with Crippen molar-refractivity contribution in [2.75, 3.05) is 31.1 Å². The molecule has 0 radical (unpaired) electrons. The molecule has 3 aromatic rings. The molecule has 1 aliphatic rings. The highest BCUT2D eigenvalue weighted by atomic mass is 35.5. The van der Waals surface area contributed by atoms with E-state index in [4.69, 9.17) is 39.8 Å². The summed E-state index contributed by atoms with van der Waals surface area (Å²) >= 11 is 19.5. The average molecular weight is 489 g/mol. The molecule has 0 aliphatic carbocycles. The number of nitrogens with zero attached hydrogens (tertiary/aromatic N) is 3. The van der Waals surface area contributed by atoms with Crippen LogP contribution in [0.2, 0.25) is 15.1 Å². The Morgan fingerprint density at radius 3 is 2.24 bits per heavy atom. The van der Waals surface area contributed by atoms with Crippen LogP contribution in [0.3, 0.4) is 0 Å². The zero-order chi connectivity index (χ0) is 20.6. The third kappa shape index (κ3) is 4.40. The molecule has 152 valence electrons. The van der Waals surface area contributed by atoms with Gasteiger partial charge in [-0.05, 0) is 36.4 Å². The van der Waals surface area contributed by atoms with E-state index in [1.54, 1.807) is 24.3 Å². The Morgan fingerprint density at radius 1 is 0.897 bits per heavy atom. The van der Waals surface area contributed by atoms with Gasteiger partial charge >= 0.3 is 0 Å². The monoisotopic (exact) mass is 487 g/mol. The van der Waals surface area contributed by atoms with Crippen molar-refractivity contribution in [3.63, 3.8) is 0 Å². The van der Waals surface area contributed by atoms with Crippen LogP contribution in [0, 0.1) is 0 Å². The summed E-state index contributed by atoms with van der Waals surface area (Å²) < 4.78 is 27.1. The molecular weight excluding hydrogens is 473 g/mol. The van der Waals surface area contributed by atoms with Gasteiger partial charge in [-0.1, -0.05) is 40.9 Å². The molecule has 2 heterocycles. The molecule has 0 spiro atoms. The number of hydrogen-bond acceptors (Lipinski definition) is 5. The largest absolute Gasteiger partial charge is 0.345 e. The highest BCUT2D eigenvalue weighted by Gasteiger charge is 2.29. The summed E-state index contributed by atoms with van der Waals surface area (Å²) in [6, 6.07) is 11.7. The van der Waals surface area contributed by atoms with Gasteiger partial charge in [0.2, 0.25) is 10.0 Å². The molecule has 0 bridgehead atoms. The van der Waals surface area contributed by atoms with E-state index in [2.05, 4.69) is 4.90 Å². The van der Waals surface area contributed by atoms with Gasteiger partial charge in [-0.25, -0.2) is 13.4 Å². The maximum absolute atomic E-state index is 12.8. The van der Waals surface area contributed by atoms with Crippen molar-refractivity contribution in [3.8, 4) is 11.3 Å². The minimum Gasteiger partial charge on any atom is -0.345 e. The number of rotatable bonds is 4. The SMILES string of the molecule is O=S(=O)(c1ccc(Cl)cc1)N1CCN(c2nc(-c3ccc(Cl)c(Cl)c3)cs2)CC1. The van der Waals surface area contributed by atoms with Crippen molar-refractivity contribution < 1.29 is 8.42 Å². The number of anilines is 1. The fraction of sp³-hybridized carbons (Fsp3) is 0.211.